The van der Waals surface area contributed by atoms with Gasteiger partial charge in [0.25, 0.3) is 5.91 Å². The molecule has 1 aromatic carbocycles. The zero-order valence-electron chi connectivity index (χ0n) is 26.2. The smallest absolute Gasteiger partial charge is 0.408 e. The van der Waals surface area contributed by atoms with Crippen LogP contribution >= 0.6 is 0 Å². The van der Waals surface area contributed by atoms with Gasteiger partial charge in [-0.2, -0.15) is 0 Å². The van der Waals surface area contributed by atoms with Gasteiger partial charge in [0.1, 0.15) is 24.5 Å². The number of nitrogens with one attached hydrogen (secondary N) is 3. The summed E-state index contributed by atoms with van der Waals surface area (Å²) in [5.41, 5.74) is -0.735. The number of Topliss-reactive ketones (excluding diaryl/α,β-unsaturated/α-hetero) is 1. The molecule has 1 saturated carbocycles. The summed E-state index contributed by atoms with van der Waals surface area (Å²) in [4.78, 5) is 73.5. The zero-order chi connectivity index (χ0) is 32.9. The summed E-state index contributed by atoms with van der Waals surface area (Å²) in [5.74, 6) is -3.10. The van der Waals surface area contributed by atoms with E-state index in [1.54, 1.807) is 32.9 Å². The third-order valence-corrected chi connectivity index (χ3v) is 8.06. The molecule has 12 nitrogen and oxygen atoms in total. The van der Waals surface area contributed by atoms with Crippen molar-refractivity contribution in [3.8, 4) is 0 Å². The van der Waals surface area contributed by atoms with E-state index in [1.165, 1.54) is 23.1 Å². The van der Waals surface area contributed by atoms with Gasteiger partial charge in [-0.05, 0) is 42.4 Å². The third kappa shape index (κ3) is 8.25. The molecule has 2 heterocycles. The molecule has 1 spiro atoms. The van der Waals surface area contributed by atoms with E-state index in [-0.39, 0.29) is 38.5 Å². The van der Waals surface area contributed by atoms with Crippen molar-refractivity contribution in [3.63, 3.8) is 0 Å². The summed E-state index contributed by atoms with van der Waals surface area (Å²) < 4.78 is 18.6. The molecule has 0 aromatic heterocycles. The fourth-order valence-electron chi connectivity index (χ4n) is 5.50. The predicted octanol–water partition coefficient (Wildman–Crippen LogP) is 2.75. The van der Waals surface area contributed by atoms with Crippen LogP contribution in [0.15, 0.2) is 42.1 Å². The van der Waals surface area contributed by atoms with Crippen molar-refractivity contribution in [2.24, 2.45) is 10.6 Å². The quantitative estimate of drug-likeness (QED) is 0.238. The molecule has 4 rings (SSSR count). The number of ether oxygens (including phenoxy) is 1. The normalized spacial score (nSPS) is 22.1. The Morgan fingerprint density at radius 2 is 1.87 bits per heavy atom. The monoisotopic (exact) mass is 627 g/mol. The highest BCUT2D eigenvalue weighted by molar-refractivity contribution is 6.38. The Balaban J connectivity index is 1.60. The topological polar surface area (TPSA) is 156 Å². The van der Waals surface area contributed by atoms with Crippen molar-refractivity contribution in [1.82, 2.24) is 20.9 Å². The van der Waals surface area contributed by atoms with E-state index in [1.807, 2.05) is 6.92 Å². The molecule has 4 atom stereocenters. The Morgan fingerprint density at radius 3 is 2.47 bits per heavy atom. The lowest BCUT2D eigenvalue weighted by Gasteiger charge is -2.35. The minimum absolute atomic E-state index is 0.0256. The molecule has 4 amide bonds. The van der Waals surface area contributed by atoms with Gasteiger partial charge in [0.2, 0.25) is 17.6 Å². The molecule has 13 heteroatoms. The second-order valence-corrected chi connectivity index (χ2v) is 13.0. The molecule has 2 fully saturated rings. The number of alkyl carbamates (subject to hydrolysis) is 1. The van der Waals surface area contributed by atoms with Crippen LogP contribution in [0.2, 0.25) is 0 Å². The first-order valence-electron chi connectivity index (χ1n) is 15.3. The maximum atomic E-state index is 14.2. The molecule has 244 valence electrons. The second kappa shape index (κ2) is 13.8. The third-order valence-electron chi connectivity index (χ3n) is 8.06. The number of amides is 4. The summed E-state index contributed by atoms with van der Waals surface area (Å²) in [6.07, 6.45) is 3.17. The highest BCUT2D eigenvalue weighted by Gasteiger charge is 2.55. The Bertz CT molecular complexity index is 1350. The molecule has 2 aliphatic heterocycles. The fourth-order valence-corrected chi connectivity index (χ4v) is 5.50. The molecule has 1 aromatic rings. The van der Waals surface area contributed by atoms with Gasteiger partial charge in [-0.3, -0.25) is 19.2 Å². The summed E-state index contributed by atoms with van der Waals surface area (Å²) in [5, 5.41) is 12.2. The van der Waals surface area contributed by atoms with Gasteiger partial charge in [-0.1, -0.05) is 64.1 Å². The molecule has 3 N–H and O–H groups in total. The molecule has 0 bridgehead atoms. The minimum atomic E-state index is -1.12. The maximum absolute atomic E-state index is 14.2. The molecular weight excluding hydrogens is 585 g/mol. The van der Waals surface area contributed by atoms with Gasteiger partial charge >= 0.3 is 6.09 Å². The number of likely N-dealkylation sites (tertiary alicyclic amines) is 1. The van der Waals surface area contributed by atoms with Crippen LogP contribution in [0.3, 0.4) is 0 Å². The predicted molar refractivity (Wildman–Crippen MR) is 162 cm³/mol. The lowest BCUT2D eigenvalue weighted by Crippen LogP contribution is -2.59. The summed E-state index contributed by atoms with van der Waals surface area (Å²) in [6.45, 7) is 10.5. The summed E-state index contributed by atoms with van der Waals surface area (Å²) in [6, 6.07) is 2.41. The standard InChI is InChI=1S/C32H42FN5O7/c1-6-8-22(25(39)28(41)34-21-13-14-21)35-27(40)24-17-32(16-23(37-45-32)19-9-11-20(33)12-10-19)18-38(24)29(42)26(31(3,4)5)36-30(43)44-15-7-2/h7,9-12,21-22,24,26H,2,6,8,13-18H2,1,3-5H3,(H,34,41)(H,35,40)(H,36,43)/t22-,24-,26+,32+/m0/s1. The number of carbonyl (C=O) groups excluding carboxylic acids is 5. The van der Waals surface area contributed by atoms with Crippen molar-refractivity contribution >= 4 is 35.3 Å². The van der Waals surface area contributed by atoms with E-state index in [9.17, 15) is 28.4 Å². The van der Waals surface area contributed by atoms with Gasteiger partial charge in [0, 0.05) is 18.9 Å². The van der Waals surface area contributed by atoms with Crippen LogP contribution in [0.1, 0.15) is 71.8 Å². The van der Waals surface area contributed by atoms with Crippen molar-refractivity contribution in [2.75, 3.05) is 13.2 Å². The van der Waals surface area contributed by atoms with Crippen LogP contribution in [0.4, 0.5) is 9.18 Å². The molecule has 1 aliphatic carbocycles. The highest BCUT2D eigenvalue weighted by Crippen LogP contribution is 2.40. The molecular formula is C32H42FN5O7. The SMILES string of the molecule is C=CCOC(=O)N[C@H](C(=O)N1C[C@@]2(CC(c3ccc(F)cc3)=NO2)C[C@H]1C(=O)N[C@@H](CCC)C(=O)C(=O)NC1CC1)C(C)(C)C. The van der Waals surface area contributed by atoms with Crippen molar-refractivity contribution in [1.29, 1.82) is 0 Å². The number of halogens is 1. The number of oxime groups is 1. The molecule has 1 saturated heterocycles. The molecule has 3 aliphatic rings. The van der Waals surface area contributed by atoms with Crippen LogP contribution in [0.5, 0.6) is 0 Å². The second-order valence-electron chi connectivity index (χ2n) is 13.0. The number of benzene rings is 1. The summed E-state index contributed by atoms with van der Waals surface area (Å²) >= 11 is 0. The number of nitrogens with zero attached hydrogens (tertiary/aromatic N) is 2. The van der Waals surface area contributed by atoms with E-state index in [2.05, 4.69) is 27.7 Å². The van der Waals surface area contributed by atoms with Crippen molar-refractivity contribution < 1.29 is 37.9 Å². The first-order chi connectivity index (χ1) is 21.3. The van der Waals surface area contributed by atoms with Crippen molar-refractivity contribution in [3.05, 3.63) is 48.3 Å². The minimum Gasteiger partial charge on any atom is -0.445 e. The first kappa shape index (κ1) is 33.6. The number of hydrogen-bond acceptors (Lipinski definition) is 8. The van der Waals surface area contributed by atoms with Crippen LogP contribution in [0, 0.1) is 11.2 Å². The Morgan fingerprint density at radius 1 is 1.18 bits per heavy atom. The van der Waals surface area contributed by atoms with Crippen molar-refractivity contribution in [2.45, 2.75) is 96.0 Å². The Kier molecular flexibility index (Phi) is 10.3. The largest absolute Gasteiger partial charge is 0.445 e. The van der Waals surface area contributed by atoms with E-state index < -0.39 is 64.6 Å². The number of rotatable bonds is 12. The highest BCUT2D eigenvalue weighted by atomic mass is 19.1. The van der Waals surface area contributed by atoms with E-state index in [0.717, 1.165) is 12.8 Å². The van der Waals surface area contributed by atoms with Crippen LogP contribution in [-0.2, 0) is 28.8 Å². The van der Waals surface area contributed by atoms with Gasteiger partial charge in [0.05, 0.1) is 18.3 Å². The number of carbonyl (C=O) groups is 5. The van der Waals surface area contributed by atoms with Crippen LogP contribution < -0.4 is 16.0 Å². The molecule has 0 unspecified atom stereocenters. The Hall–Kier alpha value is -4.29. The Labute approximate surface area is 262 Å². The van der Waals surface area contributed by atoms with Gasteiger partial charge in [0.15, 0.2) is 5.60 Å². The lowest BCUT2D eigenvalue weighted by atomic mass is 9.85. The zero-order valence-corrected chi connectivity index (χ0v) is 26.2. The fraction of sp³-hybridized carbons (Fsp3) is 0.562. The number of hydrogen-bond donors (Lipinski definition) is 3. The maximum Gasteiger partial charge on any atom is 0.408 e. The van der Waals surface area contributed by atoms with E-state index in [0.29, 0.717) is 17.7 Å². The average Bonchev–Trinajstić information content (AvgIpc) is 3.59. The van der Waals surface area contributed by atoms with E-state index >= 15 is 0 Å². The molecule has 0 radical (unpaired) electrons. The average molecular weight is 628 g/mol. The van der Waals surface area contributed by atoms with E-state index in [4.69, 9.17) is 9.57 Å². The molecule has 45 heavy (non-hydrogen) atoms. The van der Waals surface area contributed by atoms with Crippen LogP contribution in [0.25, 0.3) is 0 Å². The van der Waals surface area contributed by atoms with Gasteiger partial charge in [-0.25, -0.2) is 9.18 Å². The van der Waals surface area contributed by atoms with Crippen LogP contribution in [-0.4, -0.2) is 83.1 Å². The first-order valence-corrected chi connectivity index (χ1v) is 15.3. The lowest BCUT2D eigenvalue weighted by molar-refractivity contribution is -0.144. The van der Waals surface area contributed by atoms with Gasteiger partial charge < -0.3 is 30.4 Å². The summed E-state index contributed by atoms with van der Waals surface area (Å²) in [7, 11) is 0. The van der Waals surface area contributed by atoms with Gasteiger partial charge in [-0.15, -0.1) is 0 Å². The number of ketones is 1.